The SMILES string of the molecule is CC=N/C(=C\C)c1ccccc1-c1ccc2c(c1)c1ncccc1n2-c1cccc(-n2c3ccc(-c4ccccc4-c4ccccn4)cc3c3ncccc32)c1. The molecule has 0 saturated carbocycles. The second-order valence-corrected chi connectivity index (χ2v) is 13.8. The van der Waals surface area contributed by atoms with Crippen LogP contribution < -0.4 is 0 Å². The van der Waals surface area contributed by atoms with Gasteiger partial charge < -0.3 is 9.13 Å². The van der Waals surface area contributed by atoms with Crippen molar-refractivity contribution in [3.05, 3.63) is 182 Å². The van der Waals surface area contributed by atoms with E-state index < -0.39 is 0 Å². The molecular formula is C50H36N6. The highest BCUT2D eigenvalue weighted by molar-refractivity contribution is 6.10. The molecule has 0 radical (unpaired) electrons. The summed E-state index contributed by atoms with van der Waals surface area (Å²) in [5, 5.41) is 2.19. The lowest BCUT2D eigenvalue weighted by molar-refractivity contribution is 1.13. The van der Waals surface area contributed by atoms with Gasteiger partial charge >= 0.3 is 0 Å². The highest BCUT2D eigenvalue weighted by atomic mass is 15.0. The van der Waals surface area contributed by atoms with Gasteiger partial charge in [0.25, 0.3) is 0 Å². The lowest BCUT2D eigenvalue weighted by atomic mass is 9.96. The molecule has 6 nitrogen and oxygen atoms in total. The van der Waals surface area contributed by atoms with Crippen LogP contribution in [0.15, 0.2) is 181 Å². The number of hydrogen-bond acceptors (Lipinski definition) is 4. The fraction of sp³-hybridized carbons (Fsp3) is 0.0400. The molecule has 56 heavy (non-hydrogen) atoms. The van der Waals surface area contributed by atoms with Gasteiger partial charge in [-0.15, -0.1) is 0 Å². The lowest BCUT2D eigenvalue weighted by Crippen LogP contribution is -1.98. The lowest BCUT2D eigenvalue weighted by Gasteiger charge is -2.13. The summed E-state index contributed by atoms with van der Waals surface area (Å²) in [5.41, 5.74) is 16.9. The summed E-state index contributed by atoms with van der Waals surface area (Å²) in [4.78, 5) is 19.2. The van der Waals surface area contributed by atoms with Gasteiger partial charge in [-0.2, -0.15) is 0 Å². The number of allylic oxidation sites excluding steroid dienone is 1. The average molecular weight is 721 g/mol. The van der Waals surface area contributed by atoms with Gasteiger partial charge in [0.15, 0.2) is 0 Å². The van der Waals surface area contributed by atoms with E-state index in [1.165, 1.54) is 0 Å². The largest absolute Gasteiger partial charge is 0.308 e. The Morgan fingerprint density at radius 3 is 1.66 bits per heavy atom. The third kappa shape index (κ3) is 5.42. The predicted octanol–water partition coefficient (Wildman–Crippen LogP) is 12.5. The number of aromatic nitrogens is 5. The van der Waals surface area contributed by atoms with Gasteiger partial charge in [-0.25, -0.2) is 0 Å². The third-order valence-corrected chi connectivity index (χ3v) is 10.6. The molecule has 0 spiro atoms. The highest BCUT2D eigenvalue weighted by Gasteiger charge is 2.19. The fourth-order valence-corrected chi connectivity index (χ4v) is 8.21. The Kier molecular flexibility index (Phi) is 8.15. The molecule has 0 bridgehead atoms. The van der Waals surface area contributed by atoms with Crippen LogP contribution in [0.3, 0.4) is 0 Å². The standard InChI is InChI=1S/C50H36N6/c1-3-43(51-4-2)39-18-7-5-16-37(39)33-23-25-45-41(30-33)49-47(21-12-28-53-49)55(45)35-14-11-15-36(32-35)56-46-26-24-34(31-42(46)50-48(56)22-13-29-54-50)38-17-6-8-19-40(38)44-20-9-10-27-52-44/h3-32H,1-2H3/b43-3-,51-4?. The van der Waals surface area contributed by atoms with Crippen LogP contribution >= 0.6 is 0 Å². The number of fused-ring (bicyclic) bond motifs is 6. The summed E-state index contributed by atoms with van der Waals surface area (Å²) in [5.74, 6) is 0. The Morgan fingerprint density at radius 1 is 0.482 bits per heavy atom. The van der Waals surface area contributed by atoms with Crippen molar-refractivity contribution in [2.75, 3.05) is 0 Å². The van der Waals surface area contributed by atoms with Crippen molar-refractivity contribution < 1.29 is 0 Å². The molecule has 0 atom stereocenters. The van der Waals surface area contributed by atoms with E-state index >= 15 is 0 Å². The maximum Gasteiger partial charge on any atom is 0.0963 e. The van der Waals surface area contributed by atoms with Crippen molar-refractivity contribution in [2.24, 2.45) is 4.99 Å². The van der Waals surface area contributed by atoms with Crippen molar-refractivity contribution in [2.45, 2.75) is 13.8 Å². The zero-order valence-corrected chi connectivity index (χ0v) is 31.0. The van der Waals surface area contributed by atoms with Crippen LogP contribution in [0.1, 0.15) is 19.4 Å². The van der Waals surface area contributed by atoms with Gasteiger partial charge in [-0.1, -0.05) is 78.9 Å². The van der Waals surface area contributed by atoms with Crippen LogP contribution in [0.5, 0.6) is 0 Å². The first-order chi connectivity index (χ1) is 27.7. The number of pyridine rings is 3. The van der Waals surface area contributed by atoms with Crippen LogP contribution in [-0.4, -0.2) is 30.3 Å². The molecule has 6 heteroatoms. The minimum atomic E-state index is 0.950. The Labute approximate surface area is 324 Å². The maximum absolute atomic E-state index is 4.93. The van der Waals surface area contributed by atoms with E-state index in [4.69, 9.17) is 9.97 Å². The topological polar surface area (TPSA) is 60.9 Å². The van der Waals surface area contributed by atoms with E-state index in [1.54, 1.807) is 0 Å². The quantitative estimate of drug-likeness (QED) is 0.154. The molecule has 0 aliphatic carbocycles. The second-order valence-electron chi connectivity index (χ2n) is 13.8. The van der Waals surface area contributed by atoms with Gasteiger partial charge in [0.05, 0.1) is 44.5 Å². The fourth-order valence-electron chi connectivity index (χ4n) is 8.21. The summed E-state index contributed by atoms with van der Waals surface area (Å²) >= 11 is 0. The van der Waals surface area contributed by atoms with Gasteiger partial charge in [0, 0.05) is 58.1 Å². The summed E-state index contributed by atoms with van der Waals surface area (Å²) in [6.45, 7) is 3.98. The smallest absolute Gasteiger partial charge is 0.0963 e. The number of nitrogens with zero attached hydrogens (tertiary/aromatic N) is 6. The first kappa shape index (κ1) is 33.2. The van der Waals surface area contributed by atoms with Crippen molar-refractivity contribution in [3.8, 4) is 44.9 Å². The number of rotatable bonds is 7. The normalized spacial score (nSPS) is 12.1. The van der Waals surface area contributed by atoms with E-state index in [0.29, 0.717) is 0 Å². The minimum absolute atomic E-state index is 0.950. The number of aliphatic imine (C=N–C) groups is 1. The molecule has 0 aliphatic rings. The van der Waals surface area contributed by atoms with Crippen LogP contribution in [0.4, 0.5) is 0 Å². The van der Waals surface area contributed by atoms with E-state index in [-0.39, 0.29) is 0 Å². The molecule has 0 amide bonds. The highest BCUT2D eigenvalue weighted by Crippen LogP contribution is 2.39. The van der Waals surface area contributed by atoms with Gasteiger partial charge in [0.2, 0.25) is 0 Å². The average Bonchev–Trinajstić information content (AvgIpc) is 3.78. The van der Waals surface area contributed by atoms with Gasteiger partial charge in [-0.3, -0.25) is 19.9 Å². The molecule has 0 fully saturated rings. The maximum atomic E-state index is 4.93. The summed E-state index contributed by atoms with van der Waals surface area (Å²) in [6, 6.07) is 53.5. The number of benzene rings is 5. The number of hydrogen-bond donors (Lipinski definition) is 0. The molecule has 0 unspecified atom stereocenters. The molecule has 5 aromatic carbocycles. The summed E-state index contributed by atoms with van der Waals surface area (Å²) in [7, 11) is 0. The van der Waals surface area contributed by atoms with Crippen molar-refractivity contribution >= 4 is 55.8 Å². The van der Waals surface area contributed by atoms with Gasteiger partial charge in [0.1, 0.15) is 0 Å². The molecule has 10 rings (SSSR count). The Hall–Kier alpha value is -7.44. The van der Waals surface area contributed by atoms with Crippen molar-refractivity contribution in [1.29, 1.82) is 0 Å². The Morgan fingerprint density at radius 2 is 1.05 bits per heavy atom. The monoisotopic (exact) mass is 720 g/mol. The molecule has 5 heterocycles. The van der Waals surface area contributed by atoms with E-state index in [1.807, 2.05) is 62.9 Å². The Balaban J connectivity index is 1.13. The van der Waals surface area contributed by atoms with E-state index in [2.05, 4.69) is 153 Å². The van der Waals surface area contributed by atoms with Gasteiger partial charge in [-0.05, 0) is 115 Å². The van der Waals surface area contributed by atoms with E-state index in [9.17, 15) is 0 Å². The molecule has 0 aliphatic heterocycles. The van der Waals surface area contributed by atoms with Crippen molar-refractivity contribution in [3.63, 3.8) is 0 Å². The molecule has 266 valence electrons. The minimum Gasteiger partial charge on any atom is -0.308 e. The predicted molar refractivity (Wildman–Crippen MR) is 233 cm³/mol. The second kappa shape index (κ2) is 13.8. The first-order valence-corrected chi connectivity index (χ1v) is 18.9. The van der Waals surface area contributed by atoms with Crippen LogP contribution in [0.2, 0.25) is 0 Å². The van der Waals surface area contributed by atoms with Crippen LogP contribution in [-0.2, 0) is 0 Å². The zero-order chi connectivity index (χ0) is 37.6. The van der Waals surface area contributed by atoms with Crippen molar-refractivity contribution in [1.82, 2.24) is 24.1 Å². The molecular weight excluding hydrogens is 685 g/mol. The first-order valence-electron chi connectivity index (χ1n) is 18.9. The molecule has 5 aromatic heterocycles. The van der Waals surface area contributed by atoms with Crippen LogP contribution in [0, 0.1) is 0 Å². The summed E-state index contributed by atoms with van der Waals surface area (Å²) < 4.78 is 4.66. The molecule has 0 N–H and O–H groups in total. The van der Waals surface area contributed by atoms with Crippen LogP contribution in [0.25, 0.3) is 94.5 Å². The zero-order valence-electron chi connectivity index (χ0n) is 31.0. The third-order valence-electron chi connectivity index (χ3n) is 10.6. The molecule has 10 aromatic rings. The summed E-state index contributed by atoms with van der Waals surface area (Å²) in [6.07, 6.45) is 9.51. The molecule has 0 saturated heterocycles. The Bertz CT molecular complexity index is 3170. The van der Waals surface area contributed by atoms with E-state index in [0.717, 1.165) is 100 Å².